The van der Waals surface area contributed by atoms with Gasteiger partial charge in [-0.1, -0.05) is 24.9 Å². The van der Waals surface area contributed by atoms with E-state index in [4.69, 9.17) is 16.3 Å². The Morgan fingerprint density at radius 3 is 2.93 bits per heavy atom. The van der Waals surface area contributed by atoms with E-state index in [2.05, 4.69) is 11.7 Å². The second-order valence-electron chi connectivity index (χ2n) is 4.20. The van der Waals surface area contributed by atoms with Crippen LogP contribution in [0.25, 0.3) is 0 Å². The summed E-state index contributed by atoms with van der Waals surface area (Å²) in [6.07, 6.45) is 3.99. The van der Waals surface area contributed by atoms with Crippen molar-refractivity contribution in [3.63, 3.8) is 0 Å². The van der Waals surface area contributed by atoms with E-state index >= 15 is 0 Å². The summed E-state index contributed by atoms with van der Waals surface area (Å²) in [7, 11) is 1.34. The first kappa shape index (κ1) is 10.2. The number of halogens is 1. The van der Waals surface area contributed by atoms with Crippen LogP contribution in [0.15, 0.2) is 0 Å². The summed E-state index contributed by atoms with van der Waals surface area (Å²) < 4.78 is 10.1. The molecule has 0 aromatic rings. The van der Waals surface area contributed by atoms with E-state index in [1.54, 1.807) is 0 Å². The summed E-state index contributed by atoms with van der Waals surface area (Å²) in [5.74, 6) is 0.191. The third-order valence-electron chi connectivity index (χ3n) is 3.48. The fraction of sp³-hybridized carbons (Fsp3) is 0.900. The van der Waals surface area contributed by atoms with Gasteiger partial charge in [0, 0.05) is 0 Å². The van der Waals surface area contributed by atoms with Gasteiger partial charge in [-0.3, -0.25) is 0 Å². The topological polar surface area (TPSA) is 38.8 Å². The van der Waals surface area contributed by atoms with Crippen LogP contribution >= 0.6 is 11.6 Å². The van der Waals surface area contributed by atoms with E-state index in [-0.39, 0.29) is 0 Å². The Morgan fingerprint density at radius 1 is 1.71 bits per heavy atom. The van der Waals surface area contributed by atoms with Crippen molar-refractivity contribution in [3.05, 3.63) is 0 Å². The summed E-state index contributed by atoms with van der Waals surface area (Å²) in [4.78, 5) is 11.4. The molecule has 1 saturated carbocycles. The Balaban J connectivity index is 2.06. The molecule has 80 valence electrons. The molecule has 3 nitrogen and oxygen atoms in total. The average Bonchev–Trinajstić information content (AvgIpc) is 2.60. The molecular formula is C10H15ClO3. The van der Waals surface area contributed by atoms with Crippen LogP contribution in [0.3, 0.4) is 0 Å². The molecule has 1 aliphatic heterocycles. The highest BCUT2D eigenvalue weighted by Gasteiger charge is 2.76. The van der Waals surface area contributed by atoms with Crippen LogP contribution in [-0.4, -0.2) is 23.7 Å². The maximum atomic E-state index is 11.4. The van der Waals surface area contributed by atoms with E-state index in [0.717, 1.165) is 25.7 Å². The zero-order valence-electron chi connectivity index (χ0n) is 8.51. The van der Waals surface area contributed by atoms with Gasteiger partial charge >= 0.3 is 5.97 Å². The molecule has 0 aromatic carbocycles. The Labute approximate surface area is 88.7 Å². The number of methoxy groups -OCH3 is 1. The standard InChI is InChI=1S/C10H15ClO3/c1-3-7-4-5-9(6-7)10(11,14-9)8(12)13-2/h7H,3-6H2,1-2H3. The van der Waals surface area contributed by atoms with Crippen LogP contribution in [0.5, 0.6) is 0 Å². The van der Waals surface area contributed by atoms with Gasteiger partial charge in [-0.15, -0.1) is 0 Å². The second kappa shape index (κ2) is 3.11. The van der Waals surface area contributed by atoms with Crippen molar-refractivity contribution < 1.29 is 14.3 Å². The molecule has 1 aliphatic carbocycles. The van der Waals surface area contributed by atoms with Crippen molar-refractivity contribution in [3.8, 4) is 0 Å². The van der Waals surface area contributed by atoms with Gasteiger partial charge < -0.3 is 9.47 Å². The van der Waals surface area contributed by atoms with Crippen LogP contribution in [0.1, 0.15) is 32.6 Å². The Hall–Kier alpha value is -0.280. The average molecular weight is 219 g/mol. The van der Waals surface area contributed by atoms with E-state index in [9.17, 15) is 4.79 Å². The molecule has 2 fully saturated rings. The highest BCUT2D eigenvalue weighted by molar-refractivity contribution is 6.36. The molecule has 1 heterocycles. The van der Waals surface area contributed by atoms with Gasteiger partial charge in [0.25, 0.3) is 5.06 Å². The summed E-state index contributed by atoms with van der Waals surface area (Å²) in [6, 6.07) is 0. The van der Waals surface area contributed by atoms with E-state index in [1.807, 2.05) is 0 Å². The third-order valence-corrected chi connectivity index (χ3v) is 4.06. The number of epoxide rings is 1. The van der Waals surface area contributed by atoms with Crippen molar-refractivity contribution >= 4 is 17.6 Å². The first-order valence-electron chi connectivity index (χ1n) is 5.05. The fourth-order valence-electron chi connectivity index (χ4n) is 2.44. The van der Waals surface area contributed by atoms with Crippen molar-refractivity contribution in [2.45, 2.75) is 43.3 Å². The summed E-state index contributed by atoms with van der Waals surface area (Å²) in [5.41, 5.74) is -0.414. The number of rotatable bonds is 2. The van der Waals surface area contributed by atoms with Crippen molar-refractivity contribution in [2.75, 3.05) is 7.11 Å². The van der Waals surface area contributed by atoms with Gasteiger partial charge in [0.1, 0.15) is 5.60 Å². The Morgan fingerprint density at radius 2 is 2.43 bits per heavy atom. The normalized spacial score (nSPS) is 45.5. The van der Waals surface area contributed by atoms with Crippen LogP contribution in [-0.2, 0) is 14.3 Å². The summed E-state index contributed by atoms with van der Waals surface area (Å²) in [5, 5.41) is -1.17. The number of carbonyl (C=O) groups excluding carboxylic acids is 1. The van der Waals surface area contributed by atoms with Crippen LogP contribution in [0.4, 0.5) is 0 Å². The quantitative estimate of drug-likeness (QED) is 0.405. The lowest BCUT2D eigenvalue weighted by molar-refractivity contribution is -0.143. The van der Waals surface area contributed by atoms with Crippen molar-refractivity contribution in [1.82, 2.24) is 0 Å². The van der Waals surface area contributed by atoms with Gasteiger partial charge in [-0.2, -0.15) is 0 Å². The van der Waals surface area contributed by atoms with Gasteiger partial charge in [0.2, 0.25) is 0 Å². The fourth-order valence-corrected chi connectivity index (χ4v) is 2.84. The highest BCUT2D eigenvalue weighted by Crippen LogP contribution is 2.62. The lowest BCUT2D eigenvalue weighted by Crippen LogP contribution is -2.28. The smallest absolute Gasteiger partial charge is 0.357 e. The lowest BCUT2D eigenvalue weighted by Gasteiger charge is -2.07. The number of alkyl halides is 1. The predicted octanol–water partition coefficient (Wildman–Crippen LogP) is 2.07. The van der Waals surface area contributed by atoms with Gasteiger partial charge in [-0.05, 0) is 25.2 Å². The molecule has 0 N–H and O–H groups in total. The lowest BCUT2D eigenvalue weighted by atomic mass is 9.99. The predicted molar refractivity (Wildman–Crippen MR) is 52.0 cm³/mol. The minimum Gasteiger partial charge on any atom is -0.466 e. The number of ether oxygens (including phenoxy) is 2. The molecule has 2 aliphatic rings. The summed E-state index contributed by atoms with van der Waals surface area (Å²) >= 11 is 6.08. The Bertz CT molecular complexity index is 268. The molecule has 3 atom stereocenters. The zero-order valence-corrected chi connectivity index (χ0v) is 9.26. The molecular weight excluding hydrogens is 204 g/mol. The first-order valence-corrected chi connectivity index (χ1v) is 5.43. The number of hydrogen-bond acceptors (Lipinski definition) is 3. The van der Waals surface area contributed by atoms with Gasteiger partial charge in [0.15, 0.2) is 0 Å². The molecule has 1 saturated heterocycles. The van der Waals surface area contributed by atoms with Gasteiger partial charge in [-0.25, -0.2) is 4.79 Å². The zero-order chi connectivity index (χ0) is 10.4. The molecule has 1 spiro atoms. The molecule has 14 heavy (non-hydrogen) atoms. The van der Waals surface area contributed by atoms with Crippen LogP contribution in [0.2, 0.25) is 0 Å². The van der Waals surface area contributed by atoms with Gasteiger partial charge in [0.05, 0.1) is 7.11 Å². The molecule has 0 radical (unpaired) electrons. The third kappa shape index (κ3) is 1.18. The molecule has 2 rings (SSSR count). The minimum absolute atomic E-state index is 0.414. The van der Waals surface area contributed by atoms with E-state index in [1.165, 1.54) is 7.11 Å². The SMILES string of the molecule is CCC1CCC2(C1)OC2(Cl)C(=O)OC. The minimum atomic E-state index is -1.17. The first-order chi connectivity index (χ1) is 6.58. The molecule has 3 unspecified atom stereocenters. The largest absolute Gasteiger partial charge is 0.466 e. The maximum Gasteiger partial charge on any atom is 0.357 e. The highest BCUT2D eigenvalue weighted by atomic mass is 35.5. The van der Waals surface area contributed by atoms with Crippen LogP contribution in [0, 0.1) is 5.92 Å². The Kier molecular flexibility index (Phi) is 2.27. The molecule has 0 amide bonds. The summed E-state index contributed by atoms with van der Waals surface area (Å²) in [6.45, 7) is 2.15. The van der Waals surface area contributed by atoms with Crippen molar-refractivity contribution in [2.24, 2.45) is 5.92 Å². The maximum absolute atomic E-state index is 11.4. The number of esters is 1. The number of hydrogen-bond donors (Lipinski definition) is 0. The van der Waals surface area contributed by atoms with Crippen molar-refractivity contribution in [1.29, 1.82) is 0 Å². The van der Waals surface area contributed by atoms with E-state index < -0.39 is 16.6 Å². The molecule has 4 heteroatoms. The second-order valence-corrected chi connectivity index (χ2v) is 4.73. The number of carbonyl (C=O) groups is 1. The molecule has 0 aromatic heterocycles. The molecule has 0 bridgehead atoms. The van der Waals surface area contributed by atoms with E-state index in [0.29, 0.717) is 5.92 Å². The monoisotopic (exact) mass is 218 g/mol. The van der Waals surface area contributed by atoms with Crippen LogP contribution < -0.4 is 0 Å².